The van der Waals surface area contributed by atoms with Gasteiger partial charge in [0.05, 0.1) is 0 Å². The molecule has 0 radical (unpaired) electrons. The number of hydrogen-bond donors (Lipinski definition) is 0. The van der Waals surface area contributed by atoms with Crippen LogP contribution in [0.4, 0.5) is 0 Å². The van der Waals surface area contributed by atoms with Crippen molar-refractivity contribution < 1.29 is 4.43 Å². The summed E-state index contributed by atoms with van der Waals surface area (Å²) in [6.07, 6.45) is 5.24. The molecule has 1 aliphatic carbocycles. The monoisotopic (exact) mass is 315 g/mol. The molecule has 110 valence electrons. The van der Waals surface area contributed by atoms with Crippen LogP contribution in [0.2, 0.25) is 38.8 Å². The van der Waals surface area contributed by atoms with Gasteiger partial charge in [0.2, 0.25) is 8.32 Å². The predicted molar refractivity (Wildman–Crippen MR) is 91.8 cm³/mol. The van der Waals surface area contributed by atoms with Gasteiger partial charge in [-0.2, -0.15) is 0 Å². The van der Waals surface area contributed by atoms with E-state index in [9.17, 15) is 0 Å². The van der Waals surface area contributed by atoms with Gasteiger partial charge in [-0.3, -0.25) is 0 Å². The van der Waals surface area contributed by atoms with Crippen molar-refractivity contribution in [2.45, 2.75) is 70.5 Å². The second-order valence-corrected chi connectivity index (χ2v) is 17.3. The first-order chi connectivity index (χ1) is 8.69. The van der Waals surface area contributed by atoms with Gasteiger partial charge in [0.25, 0.3) is 0 Å². The summed E-state index contributed by atoms with van der Waals surface area (Å²) in [6.45, 7) is 13.1. The second-order valence-electron chi connectivity index (χ2n) is 7.81. The molecule has 2 rings (SSSR count). The van der Waals surface area contributed by atoms with Crippen molar-refractivity contribution >= 4 is 33.8 Å². The summed E-state index contributed by atoms with van der Waals surface area (Å²) in [6, 6.07) is 2.27. The van der Waals surface area contributed by atoms with Crippen molar-refractivity contribution in [2.75, 3.05) is 6.54 Å². The SMILES string of the molecule is C[Si](C)(C)OC(=S)C1CCC(N2CCC[Si]2(C)C)C1. The van der Waals surface area contributed by atoms with Crippen LogP contribution in [0.15, 0.2) is 0 Å². The highest BCUT2D eigenvalue weighted by molar-refractivity contribution is 7.80. The van der Waals surface area contributed by atoms with Crippen LogP contribution < -0.4 is 0 Å². The lowest BCUT2D eigenvalue weighted by molar-refractivity contribution is 0.337. The molecule has 1 aliphatic heterocycles. The van der Waals surface area contributed by atoms with E-state index in [2.05, 4.69) is 37.3 Å². The van der Waals surface area contributed by atoms with Gasteiger partial charge in [-0.15, -0.1) is 0 Å². The average molecular weight is 316 g/mol. The Kier molecular flexibility index (Phi) is 4.60. The van der Waals surface area contributed by atoms with Gasteiger partial charge in [0, 0.05) is 12.0 Å². The first-order valence-electron chi connectivity index (χ1n) is 7.69. The van der Waals surface area contributed by atoms with Crippen molar-refractivity contribution in [1.82, 2.24) is 4.57 Å². The molecule has 0 spiro atoms. The Morgan fingerprint density at radius 1 is 1.26 bits per heavy atom. The minimum atomic E-state index is -1.52. The van der Waals surface area contributed by atoms with E-state index in [-0.39, 0.29) is 0 Å². The highest BCUT2D eigenvalue weighted by atomic mass is 32.1. The van der Waals surface area contributed by atoms with Crippen LogP contribution in [0.25, 0.3) is 0 Å². The van der Waals surface area contributed by atoms with E-state index in [4.69, 9.17) is 16.6 Å². The number of thiocarbonyl (C=S) groups is 1. The molecule has 0 bridgehead atoms. The van der Waals surface area contributed by atoms with Gasteiger partial charge in [0.1, 0.15) is 13.3 Å². The number of nitrogens with zero attached hydrogens (tertiary/aromatic N) is 1. The van der Waals surface area contributed by atoms with Crippen molar-refractivity contribution in [2.24, 2.45) is 5.92 Å². The summed E-state index contributed by atoms with van der Waals surface area (Å²) in [4.78, 5) is 0. The molecule has 0 N–H and O–H groups in total. The van der Waals surface area contributed by atoms with E-state index in [1.165, 1.54) is 38.3 Å². The van der Waals surface area contributed by atoms with Crippen LogP contribution in [0.5, 0.6) is 0 Å². The molecule has 5 heteroatoms. The molecule has 2 fully saturated rings. The van der Waals surface area contributed by atoms with Crippen molar-refractivity contribution in [1.29, 1.82) is 0 Å². The van der Waals surface area contributed by atoms with E-state index < -0.39 is 16.6 Å². The Labute approximate surface area is 126 Å². The summed E-state index contributed by atoms with van der Waals surface area (Å²) in [5.41, 5.74) is 0. The van der Waals surface area contributed by atoms with Gasteiger partial charge in [-0.25, -0.2) is 0 Å². The van der Waals surface area contributed by atoms with E-state index >= 15 is 0 Å². The first kappa shape index (κ1) is 15.7. The Bertz CT molecular complexity index is 354. The van der Waals surface area contributed by atoms with Gasteiger partial charge in [0.15, 0.2) is 0 Å². The fourth-order valence-electron chi connectivity index (χ4n) is 3.65. The fourth-order valence-corrected chi connectivity index (χ4v) is 8.68. The Morgan fingerprint density at radius 2 is 1.95 bits per heavy atom. The lowest BCUT2D eigenvalue weighted by atomic mass is 10.1. The van der Waals surface area contributed by atoms with E-state index in [0.29, 0.717) is 5.92 Å². The minimum Gasteiger partial charge on any atom is -0.540 e. The largest absolute Gasteiger partial charge is 0.540 e. The molecule has 0 aromatic heterocycles. The van der Waals surface area contributed by atoms with Crippen LogP contribution in [-0.4, -0.2) is 38.8 Å². The fraction of sp³-hybridized carbons (Fsp3) is 0.929. The molecule has 1 saturated heterocycles. The maximum atomic E-state index is 6.05. The molecule has 1 saturated carbocycles. The lowest BCUT2D eigenvalue weighted by Crippen LogP contribution is -2.48. The zero-order valence-electron chi connectivity index (χ0n) is 13.2. The molecular formula is C14H29NOSSi2. The lowest BCUT2D eigenvalue weighted by Gasteiger charge is -2.35. The molecule has 2 atom stereocenters. The van der Waals surface area contributed by atoms with Crippen LogP contribution in [-0.2, 0) is 4.43 Å². The third-order valence-corrected chi connectivity index (χ3v) is 9.67. The Balaban J connectivity index is 1.91. The molecule has 0 amide bonds. The van der Waals surface area contributed by atoms with Crippen molar-refractivity contribution in [3.63, 3.8) is 0 Å². The summed E-state index contributed by atoms with van der Waals surface area (Å²) in [5, 5.41) is 0.917. The number of hydrogen-bond acceptors (Lipinski definition) is 3. The highest BCUT2D eigenvalue weighted by Crippen LogP contribution is 2.37. The first-order valence-corrected chi connectivity index (χ1v) is 14.7. The Hall–Kier alpha value is 0.284. The normalized spacial score (nSPS) is 31.6. The molecule has 19 heavy (non-hydrogen) atoms. The third-order valence-electron chi connectivity index (χ3n) is 4.55. The molecule has 2 nitrogen and oxygen atoms in total. The molecule has 2 unspecified atom stereocenters. The average Bonchev–Trinajstić information content (AvgIpc) is 2.80. The summed E-state index contributed by atoms with van der Waals surface area (Å²) in [5.74, 6) is 0.539. The Morgan fingerprint density at radius 3 is 2.47 bits per heavy atom. The number of rotatable bonds is 3. The smallest absolute Gasteiger partial charge is 0.242 e. The van der Waals surface area contributed by atoms with Crippen LogP contribution in [0, 0.1) is 5.92 Å². The van der Waals surface area contributed by atoms with E-state index in [0.717, 1.165) is 11.1 Å². The van der Waals surface area contributed by atoms with Crippen molar-refractivity contribution in [3.8, 4) is 0 Å². The van der Waals surface area contributed by atoms with Crippen LogP contribution in [0.1, 0.15) is 25.7 Å². The molecule has 0 aromatic carbocycles. The molecule has 1 heterocycles. The summed E-state index contributed by atoms with van der Waals surface area (Å²) in [7, 11) is -2.60. The predicted octanol–water partition coefficient (Wildman–Crippen LogP) is 4.24. The van der Waals surface area contributed by atoms with Gasteiger partial charge < -0.3 is 8.99 Å². The van der Waals surface area contributed by atoms with E-state index in [1.807, 2.05) is 0 Å². The topological polar surface area (TPSA) is 12.5 Å². The van der Waals surface area contributed by atoms with Crippen LogP contribution in [0.3, 0.4) is 0 Å². The minimum absolute atomic E-state index is 0.539. The molecule has 2 aliphatic rings. The van der Waals surface area contributed by atoms with Crippen molar-refractivity contribution in [3.05, 3.63) is 0 Å². The van der Waals surface area contributed by atoms with Gasteiger partial charge in [-0.1, -0.05) is 13.1 Å². The zero-order valence-corrected chi connectivity index (χ0v) is 16.0. The second kappa shape index (κ2) is 5.58. The molecule has 0 aromatic rings. The quantitative estimate of drug-likeness (QED) is 0.571. The zero-order chi connectivity index (χ0) is 14.3. The van der Waals surface area contributed by atoms with Crippen LogP contribution >= 0.6 is 12.2 Å². The summed E-state index contributed by atoms with van der Waals surface area (Å²) < 4.78 is 8.91. The maximum absolute atomic E-state index is 6.05. The summed E-state index contributed by atoms with van der Waals surface area (Å²) >= 11 is 5.55. The van der Waals surface area contributed by atoms with Gasteiger partial charge in [-0.05, 0) is 70.1 Å². The standard InChI is InChI=1S/C14H29NOSSi2/c1-18(2,3)16-14(17)12-7-8-13(11-12)15-9-6-10-19(15,4)5/h12-13H,6-11H2,1-5H3. The highest BCUT2D eigenvalue weighted by Gasteiger charge is 2.42. The van der Waals surface area contributed by atoms with Gasteiger partial charge >= 0.3 is 0 Å². The van der Waals surface area contributed by atoms with E-state index in [1.54, 1.807) is 0 Å². The molecular weight excluding hydrogens is 286 g/mol. The third kappa shape index (κ3) is 3.89. The maximum Gasteiger partial charge on any atom is 0.242 e.